The minimum Gasteiger partial charge on any atom is -0.355 e. The summed E-state index contributed by atoms with van der Waals surface area (Å²) in [4.78, 5) is 19.7. The lowest BCUT2D eigenvalue weighted by molar-refractivity contribution is 0.186. The van der Waals surface area contributed by atoms with Gasteiger partial charge in [-0.2, -0.15) is 0 Å². The van der Waals surface area contributed by atoms with Crippen LogP contribution in [-0.2, 0) is 6.42 Å². The maximum absolute atomic E-state index is 13.6. The van der Waals surface area contributed by atoms with Crippen molar-refractivity contribution in [2.45, 2.75) is 25.3 Å². The molecule has 2 aliphatic rings. The van der Waals surface area contributed by atoms with Crippen molar-refractivity contribution in [3.63, 3.8) is 0 Å². The summed E-state index contributed by atoms with van der Waals surface area (Å²) in [6.45, 7) is 1.65. The van der Waals surface area contributed by atoms with E-state index in [4.69, 9.17) is 17.3 Å². The molecule has 1 aliphatic heterocycles. The SMILES string of the molecule is NC1c2cc(F)cnc2CC12CCN(c1cnc3nc(Cl)ccc3n1)CC2. The fraction of sp³-hybridized carbons (Fsp3) is 0.368. The fourth-order valence-electron chi connectivity index (χ4n) is 4.37. The van der Waals surface area contributed by atoms with Crippen LogP contribution in [0.25, 0.3) is 11.2 Å². The molecular weight excluding hydrogens is 367 g/mol. The predicted molar refractivity (Wildman–Crippen MR) is 101 cm³/mol. The van der Waals surface area contributed by atoms with E-state index < -0.39 is 0 Å². The zero-order chi connectivity index (χ0) is 18.6. The third kappa shape index (κ3) is 2.73. The van der Waals surface area contributed by atoms with Crippen LogP contribution >= 0.6 is 11.6 Å². The van der Waals surface area contributed by atoms with Crippen LogP contribution in [0.2, 0.25) is 5.15 Å². The summed E-state index contributed by atoms with van der Waals surface area (Å²) in [7, 11) is 0. The molecule has 0 radical (unpaired) electrons. The van der Waals surface area contributed by atoms with E-state index in [9.17, 15) is 4.39 Å². The third-order valence-electron chi connectivity index (χ3n) is 5.93. The third-order valence-corrected chi connectivity index (χ3v) is 6.14. The first kappa shape index (κ1) is 16.8. The Morgan fingerprint density at radius 3 is 2.78 bits per heavy atom. The molecule has 0 bridgehead atoms. The van der Waals surface area contributed by atoms with Crippen LogP contribution in [0.4, 0.5) is 10.2 Å². The first-order valence-corrected chi connectivity index (χ1v) is 9.36. The van der Waals surface area contributed by atoms with E-state index in [0.717, 1.165) is 54.9 Å². The number of anilines is 1. The number of piperidine rings is 1. The first-order chi connectivity index (χ1) is 13.0. The largest absolute Gasteiger partial charge is 0.355 e. The summed E-state index contributed by atoms with van der Waals surface area (Å²) in [6, 6.07) is 4.91. The molecule has 1 fully saturated rings. The van der Waals surface area contributed by atoms with Crippen LogP contribution in [0.3, 0.4) is 0 Å². The van der Waals surface area contributed by atoms with Crippen LogP contribution in [0.5, 0.6) is 0 Å². The molecule has 1 spiro atoms. The summed E-state index contributed by atoms with van der Waals surface area (Å²) in [5.74, 6) is 0.508. The molecule has 1 saturated heterocycles. The van der Waals surface area contributed by atoms with Gasteiger partial charge in [-0.15, -0.1) is 0 Å². The van der Waals surface area contributed by atoms with Gasteiger partial charge >= 0.3 is 0 Å². The lowest BCUT2D eigenvalue weighted by Crippen LogP contribution is -2.44. The maximum atomic E-state index is 13.6. The number of pyridine rings is 2. The summed E-state index contributed by atoms with van der Waals surface area (Å²) < 4.78 is 13.6. The number of hydrogen-bond donors (Lipinski definition) is 1. The van der Waals surface area contributed by atoms with Crippen molar-refractivity contribution in [1.29, 1.82) is 0 Å². The van der Waals surface area contributed by atoms with E-state index in [1.54, 1.807) is 18.3 Å². The van der Waals surface area contributed by atoms with Gasteiger partial charge in [0.2, 0.25) is 0 Å². The zero-order valence-corrected chi connectivity index (χ0v) is 15.3. The van der Waals surface area contributed by atoms with Gasteiger partial charge in [-0.1, -0.05) is 11.6 Å². The topological polar surface area (TPSA) is 80.8 Å². The summed E-state index contributed by atoms with van der Waals surface area (Å²) in [5.41, 5.74) is 9.53. The van der Waals surface area contributed by atoms with Crippen molar-refractivity contribution < 1.29 is 4.39 Å². The number of halogens is 2. The quantitative estimate of drug-likeness (QED) is 0.649. The van der Waals surface area contributed by atoms with Gasteiger partial charge < -0.3 is 10.6 Å². The summed E-state index contributed by atoms with van der Waals surface area (Å²) >= 11 is 5.91. The zero-order valence-electron chi connectivity index (χ0n) is 14.6. The maximum Gasteiger partial charge on any atom is 0.179 e. The molecule has 3 aromatic heterocycles. The van der Waals surface area contributed by atoms with Crippen LogP contribution in [0.15, 0.2) is 30.6 Å². The highest BCUT2D eigenvalue weighted by Crippen LogP contribution is 2.50. The fourth-order valence-corrected chi connectivity index (χ4v) is 4.51. The van der Waals surface area contributed by atoms with Gasteiger partial charge in [-0.25, -0.2) is 19.3 Å². The lowest BCUT2D eigenvalue weighted by atomic mass is 9.73. The molecule has 0 aromatic carbocycles. The van der Waals surface area contributed by atoms with Crippen LogP contribution in [0, 0.1) is 11.2 Å². The van der Waals surface area contributed by atoms with Crippen molar-refractivity contribution in [2.75, 3.05) is 18.0 Å². The van der Waals surface area contributed by atoms with Gasteiger partial charge in [0.15, 0.2) is 5.65 Å². The highest BCUT2D eigenvalue weighted by molar-refractivity contribution is 6.29. The lowest BCUT2D eigenvalue weighted by Gasteiger charge is -2.42. The Labute approximate surface area is 160 Å². The van der Waals surface area contributed by atoms with Crippen molar-refractivity contribution in [3.8, 4) is 0 Å². The molecule has 1 atom stereocenters. The molecule has 0 amide bonds. The minimum atomic E-state index is -0.321. The average Bonchev–Trinajstić information content (AvgIpc) is 2.94. The van der Waals surface area contributed by atoms with Gasteiger partial charge in [0, 0.05) is 24.8 Å². The van der Waals surface area contributed by atoms with Gasteiger partial charge in [0.05, 0.1) is 12.4 Å². The van der Waals surface area contributed by atoms with E-state index in [-0.39, 0.29) is 17.3 Å². The van der Waals surface area contributed by atoms with Crippen LogP contribution in [-0.4, -0.2) is 33.0 Å². The Balaban J connectivity index is 1.37. The number of hydrogen-bond acceptors (Lipinski definition) is 6. The van der Waals surface area contributed by atoms with Crippen molar-refractivity contribution in [3.05, 3.63) is 52.8 Å². The van der Waals surface area contributed by atoms with Crippen molar-refractivity contribution in [1.82, 2.24) is 19.9 Å². The number of aromatic nitrogens is 4. The van der Waals surface area contributed by atoms with Gasteiger partial charge in [0.1, 0.15) is 22.3 Å². The summed E-state index contributed by atoms with van der Waals surface area (Å²) in [6.07, 6.45) is 5.65. The second-order valence-electron chi connectivity index (χ2n) is 7.40. The Kier molecular flexibility index (Phi) is 3.77. The molecule has 6 nitrogen and oxygen atoms in total. The molecule has 5 rings (SSSR count). The molecule has 8 heteroatoms. The molecule has 4 heterocycles. The van der Waals surface area contributed by atoms with Crippen LogP contribution in [0.1, 0.15) is 30.1 Å². The molecule has 0 saturated carbocycles. The number of nitrogens with zero attached hydrogens (tertiary/aromatic N) is 5. The Hall–Kier alpha value is -2.38. The Morgan fingerprint density at radius 2 is 1.96 bits per heavy atom. The van der Waals surface area contributed by atoms with Crippen molar-refractivity contribution in [2.24, 2.45) is 11.1 Å². The standard InChI is InChI=1S/C19H18ClFN6/c20-15-2-1-13-18(26-15)24-10-16(25-13)27-5-3-19(4-6-27)8-14-12(17(19)22)7-11(21)9-23-14/h1-2,7,9-10,17H,3-6,8,22H2. The van der Waals surface area contributed by atoms with E-state index in [0.29, 0.717) is 10.8 Å². The van der Waals surface area contributed by atoms with E-state index in [2.05, 4.69) is 24.8 Å². The predicted octanol–water partition coefficient (Wildman–Crippen LogP) is 3.06. The second-order valence-corrected chi connectivity index (χ2v) is 7.79. The molecule has 3 aromatic rings. The molecule has 1 aliphatic carbocycles. The van der Waals surface area contributed by atoms with Gasteiger partial charge in [-0.3, -0.25) is 4.98 Å². The molecule has 138 valence electrons. The molecule has 1 unspecified atom stereocenters. The summed E-state index contributed by atoms with van der Waals surface area (Å²) in [5, 5.41) is 0.407. The molecular formula is C19H18ClFN6. The van der Waals surface area contributed by atoms with E-state index in [1.807, 2.05) is 6.07 Å². The number of rotatable bonds is 1. The minimum absolute atomic E-state index is 0.0566. The number of fused-ring (bicyclic) bond motifs is 2. The van der Waals surface area contributed by atoms with E-state index in [1.165, 1.54) is 6.20 Å². The normalized spacial score (nSPS) is 21.0. The van der Waals surface area contributed by atoms with Crippen LogP contribution < -0.4 is 10.6 Å². The number of nitrogens with two attached hydrogens (primary N) is 1. The highest BCUT2D eigenvalue weighted by atomic mass is 35.5. The Bertz CT molecular complexity index is 1030. The Morgan fingerprint density at radius 1 is 1.15 bits per heavy atom. The smallest absolute Gasteiger partial charge is 0.179 e. The first-order valence-electron chi connectivity index (χ1n) is 8.98. The van der Waals surface area contributed by atoms with Gasteiger partial charge in [-0.05, 0) is 48.4 Å². The van der Waals surface area contributed by atoms with Crippen molar-refractivity contribution >= 4 is 28.6 Å². The van der Waals surface area contributed by atoms with Gasteiger partial charge in [0.25, 0.3) is 0 Å². The van der Waals surface area contributed by atoms with E-state index >= 15 is 0 Å². The average molecular weight is 385 g/mol. The second kappa shape index (κ2) is 6.07. The monoisotopic (exact) mass is 384 g/mol. The highest BCUT2D eigenvalue weighted by Gasteiger charge is 2.47. The molecule has 2 N–H and O–H groups in total. The molecule has 27 heavy (non-hydrogen) atoms.